The predicted octanol–water partition coefficient (Wildman–Crippen LogP) is 4.50. The second-order valence-corrected chi connectivity index (χ2v) is 8.01. The summed E-state index contributed by atoms with van der Waals surface area (Å²) < 4.78 is 38.9. The fourth-order valence-electron chi connectivity index (χ4n) is 3.59. The van der Waals surface area contributed by atoms with E-state index in [1.807, 2.05) is 12.1 Å². The molecule has 182 valence electrons. The van der Waals surface area contributed by atoms with Crippen LogP contribution in [0.2, 0.25) is 0 Å². The van der Waals surface area contributed by atoms with Gasteiger partial charge in [0.1, 0.15) is 11.9 Å². The largest absolute Gasteiger partial charge is 0.417 e. The van der Waals surface area contributed by atoms with Gasteiger partial charge in [0, 0.05) is 30.4 Å². The van der Waals surface area contributed by atoms with E-state index in [9.17, 15) is 23.2 Å². The SMILES string of the molecule is Cc1cc2cc(C(=O)N(Cc3ccc(C(F)(F)F)cn3)N(C)c3ncccc3C#N)ccc2nc1N. The van der Waals surface area contributed by atoms with E-state index in [-0.39, 0.29) is 23.6 Å². The number of rotatable bonds is 5. The molecule has 0 unspecified atom stereocenters. The minimum Gasteiger partial charge on any atom is -0.383 e. The molecule has 4 rings (SSSR count). The van der Waals surface area contributed by atoms with Crippen molar-refractivity contribution in [1.82, 2.24) is 20.0 Å². The molecule has 0 bridgehead atoms. The summed E-state index contributed by atoms with van der Waals surface area (Å²) in [6.07, 6.45) is -2.34. The second-order valence-electron chi connectivity index (χ2n) is 8.01. The molecular weight excluding hydrogens is 471 g/mol. The molecule has 11 heteroatoms. The van der Waals surface area contributed by atoms with Crippen molar-refractivity contribution in [3.05, 3.63) is 88.9 Å². The highest BCUT2D eigenvalue weighted by Gasteiger charge is 2.31. The summed E-state index contributed by atoms with van der Waals surface area (Å²) in [6, 6.07) is 14.0. The maximum absolute atomic E-state index is 13.7. The maximum Gasteiger partial charge on any atom is 0.417 e. The van der Waals surface area contributed by atoms with Crippen LogP contribution < -0.4 is 10.7 Å². The molecule has 2 N–H and O–H groups in total. The van der Waals surface area contributed by atoms with Crippen LogP contribution in [0.5, 0.6) is 0 Å². The van der Waals surface area contributed by atoms with Crippen molar-refractivity contribution in [2.45, 2.75) is 19.6 Å². The number of carbonyl (C=O) groups excluding carboxylic acids is 1. The number of anilines is 2. The minimum absolute atomic E-state index is 0.175. The van der Waals surface area contributed by atoms with Crippen molar-refractivity contribution in [3.63, 3.8) is 0 Å². The minimum atomic E-state index is -4.53. The van der Waals surface area contributed by atoms with Crippen LogP contribution in [0, 0.1) is 18.3 Å². The Morgan fingerprint density at radius 1 is 1.14 bits per heavy atom. The molecule has 3 heterocycles. The normalized spacial score (nSPS) is 11.2. The summed E-state index contributed by atoms with van der Waals surface area (Å²) in [4.78, 5) is 26.1. The van der Waals surface area contributed by atoms with Gasteiger partial charge >= 0.3 is 6.18 Å². The Morgan fingerprint density at radius 2 is 1.92 bits per heavy atom. The number of pyridine rings is 3. The summed E-state index contributed by atoms with van der Waals surface area (Å²) >= 11 is 0. The number of alkyl halides is 3. The third-order valence-corrected chi connectivity index (χ3v) is 5.57. The van der Waals surface area contributed by atoms with E-state index in [1.54, 1.807) is 44.3 Å². The van der Waals surface area contributed by atoms with Crippen molar-refractivity contribution >= 4 is 28.4 Å². The van der Waals surface area contributed by atoms with Crippen LogP contribution in [-0.2, 0) is 12.7 Å². The first-order valence-corrected chi connectivity index (χ1v) is 10.7. The molecule has 4 aromatic rings. The van der Waals surface area contributed by atoms with Crippen LogP contribution in [0.4, 0.5) is 24.8 Å². The summed E-state index contributed by atoms with van der Waals surface area (Å²) in [5.41, 5.74) is 7.06. The summed E-state index contributed by atoms with van der Waals surface area (Å²) in [5.74, 6) is 0.104. The van der Waals surface area contributed by atoms with E-state index in [0.29, 0.717) is 28.5 Å². The fraction of sp³-hybridized carbons (Fsp3) is 0.160. The highest BCUT2D eigenvalue weighted by atomic mass is 19.4. The topological polar surface area (TPSA) is 112 Å². The van der Waals surface area contributed by atoms with E-state index in [2.05, 4.69) is 15.0 Å². The molecule has 0 saturated heterocycles. The molecule has 3 aromatic heterocycles. The molecule has 1 aromatic carbocycles. The van der Waals surface area contributed by atoms with E-state index >= 15 is 0 Å². The molecule has 1 amide bonds. The zero-order valence-corrected chi connectivity index (χ0v) is 19.3. The number of nitriles is 1. The Morgan fingerprint density at radius 3 is 2.58 bits per heavy atom. The zero-order valence-electron chi connectivity index (χ0n) is 19.3. The summed E-state index contributed by atoms with van der Waals surface area (Å²) in [7, 11) is 1.54. The number of carbonyl (C=O) groups is 1. The number of nitrogen functional groups attached to an aromatic ring is 1. The number of nitrogens with two attached hydrogens (primary N) is 1. The molecular formula is C25H20F3N7O. The van der Waals surface area contributed by atoms with Crippen molar-refractivity contribution in [3.8, 4) is 6.07 Å². The lowest BCUT2D eigenvalue weighted by molar-refractivity contribution is -0.137. The molecule has 0 atom stereocenters. The predicted molar refractivity (Wildman–Crippen MR) is 127 cm³/mol. The third-order valence-electron chi connectivity index (χ3n) is 5.57. The standard InChI is InChI=1S/C25H20F3N7O/c1-15-10-18-11-16(5-8-21(18)33-22(15)30)24(36)35(34(2)23-17(12-29)4-3-9-31-23)14-20-7-6-19(13-32-20)25(26,27)28/h3-11,13H,14H2,1-2H3,(H2,30,33). The quantitative estimate of drug-likeness (QED) is 0.409. The van der Waals surface area contributed by atoms with Crippen LogP contribution in [0.25, 0.3) is 10.9 Å². The van der Waals surface area contributed by atoms with E-state index in [4.69, 9.17) is 5.73 Å². The fourth-order valence-corrected chi connectivity index (χ4v) is 3.59. The third kappa shape index (κ3) is 4.88. The Hall–Kier alpha value is -4.72. The zero-order chi connectivity index (χ0) is 26.0. The summed E-state index contributed by atoms with van der Waals surface area (Å²) in [5, 5.41) is 12.9. The van der Waals surface area contributed by atoms with E-state index in [1.165, 1.54) is 22.3 Å². The summed E-state index contributed by atoms with van der Waals surface area (Å²) in [6.45, 7) is 1.63. The average Bonchev–Trinajstić information content (AvgIpc) is 2.86. The number of hydrogen-bond donors (Lipinski definition) is 1. The van der Waals surface area contributed by atoms with Crippen LogP contribution >= 0.6 is 0 Å². The van der Waals surface area contributed by atoms with Crippen LogP contribution in [0.3, 0.4) is 0 Å². The van der Waals surface area contributed by atoms with Gasteiger partial charge in [-0.1, -0.05) is 0 Å². The van der Waals surface area contributed by atoms with Gasteiger partial charge in [-0.3, -0.25) is 14.8 Å². The van der Waals surface area contributed by atoms with Crippen LogP contribution in [0.1, 0.15) is 32.7 Å². The maximum atomic E-state index is 13.7. The Labute approximate surface area is 204 Å². The Bertz CT molecular complexity index is 1480. The van der Waals surface area contributed by atoms with Crippen LogP contribution in [-0.4, -0.2) is 32.9 Å². The van der Waals surface area contributed by atoms with Gasteiger partial charge in [0.15, 0.2) is 5.82 Å². The molecule has 0 aliphatic rings. The molecule has 0 fully saturated rings. The van der Waals surface area contributed by atoms with Gasteiger partial charge in [-0.15, -0.1) is 0 Å². The lowest BCUT2D eigenvalue weighted by atomic mass is 10.1. The van der Waals surface area contributed by atoms with Gasteiger partial charge in [0.05, 0.1) is 28.9 Å². The average molecular weight is 491 g/mol. The monoisotopic (exact) mass is 491 g/mol. The highest BCUT2D eigenvalue weighted by Crippen LogP contribution is 2.29. The van der Waals surface area contributed by atoms with Gasteiger partial charge in [0.25, 0.3) is 5.91 Å². The van der Waals surface area contributed by atoms with Gasteiger partial charge in [-0.05, 0) is 61.0 Å². The Balaban J connectivity index is 1.75. The highest BCUT2D eigenvalue weighted by molar-refractivity contribution is 5.99. The van der Waals surface area contributed by atoms with E-state index in [0.717, 1.165) is 11.6 Å². The molecule has 0 radical (unpaired) electrons. The first-order chi connectivity index (χ1) is 17.1. The number of halogens is 3. The number of benzene rings is 1. The number of hydrazine groups is 1. The molecule has 0 saturated carbocycles. The van der Waals surface area contributed by atoms with Crippen molar-refractivity contribution < 1.29 is 18.0 Å². The number of hydrogen-bond acceptors (Lipinski definition) is 7. The number of amides is 1. The molecule has 0 aliphatic heterocycles. The van der Waals surface area contributed by atoms with Crippen LogP contribution in [0.15, 0.2) is 60.9 Å². The number of fused-ring (bicyclic) bond motifs is 1. The van der Waals surface area contributed by atoms with Gasteiger partial charge in [-0.25, -0.2) is 15.0 Å². The van der Waals surface area contributed by atoms with Crippen molar-refractivity contribution in [2.75, 3.05) is 17.8 Å². The Kier molecular flexibility index (Phi) is 6.44. The lowest BCUT2D eigenvalue weighted by Gasteiger charge is -2.33. The second kappa shape index (κ2) is 9.50. The number of aryl methyl sites for hydroxylation is 1. The number of nitrogens with zero attached hydrogens (tertiary/aromatic N) is 6. The smallest absolute Gasteiger partial charge is 0.383 e. The first-order valence-electron chi connectivity index (χ1n) is 10.7. The van der Waals surface area contributed by atoms with Gasteiger partial charge < -0.3 is 5.73 Å². The van der Waals surface area contributed by atoms with Crippen molar-refractivity contribution in [1.29, 1.82) is 5.26 Å². The van der Waals surface area contributed by atoms with Crippen molar-refractivity contribution in [2.24, 2.45) is 0 Å². The first kappa shape index (κ1) is 24.4. The van der Waals surface area contributed by atoms with Gasteiger partial charge in [-0.2, -0.15) is 18.4 Å². The molecule has 0 aliphatic carbocycles. The van der Waals surface area contributed by atoms with E-state index < -0.39 is 17.6 Å². The molecule has 36 heavy (non-hydrogen) atoms. The molecule has 8 nitrogen and oxygen atoms in total. The number of aromatic nitrogens is 3. The lowest BCUT2D eigenvalue weighted by Crippen LogP contribution is -2.45. The molecule has 0 spiro atoms. The van der Waals surface area contributed by atoms with Gasteiger partial charge in [0.2, 0.25) is 0 Å².